The van der Waals surface area contributed by atoms with Gasteiger partial charge in [0.25, 0.3) is 0 Å². The molecule has 0 radical (unpaired) electrons. The minimum atomic E-state index is 0.0696. The maximum Gasteiger partial charge on any atom is 0.145 e. The lowest BCUT2D eigenvalue weighted by molar-refractivity contribution is -0.123. The Balaban J connectivity index is 1.31. The van der Waals surface area contributed by atoms with Crippen LogP contribution in [0.5, 0.6) is 0 Å². The Bertz CT molecular complexity index is 1310. The summed E-state index contributed by atoms with van der Waals surface area (Å²) >= 11 is 0. The summed E-state index contributed by atoms with van der Waals surface area (Å²) in [7, 11) is 1.77. The van der Waals surface area contributed by atoms with E-state index in [9.17, 15) is 14.4 Å². The fraction of sp³-hybridized carbons (Fsp3) is 0.750. The minimum absolute atomic E-state index is 0.0696. The highest BCUT2D eigenvalue weighted by atomic mass is 16.5. The third-order valence-corrected chi connectivity index (χ3v) is 14.0. The van der Waals surface area contributed by atoms with Crippen LogP contribution in [0.15, 0.2) is 60.3 Å². The van der Waals surface area contributed by atoms with Crippen molar-refractivity contribution in [1.82, 2.24) is 0 Å². The highest BCUT2D eigenvalue weighted by molar-refractivity contribution is 5.81. The number of hydrogen-bond donors (Lipinski definition) is 0. The molecule has 6 nitrogen and oxygen atoms in total. The fourth-order valence-corrected chi connectivity index (χ4v) is 9.58. The van der Waals surface area contributed by atoms with E-state index in [1.807, 2.05) is 6.08 Å². The molecule has 9 unspecified atom stereocenters. The van der Waals surface area contributed by atoms with E-state index < -0.39 is 0 Å². The molecular weight excluding hydrogens is 721 g/mol. The van der Waals surface area contributed by atoms with E-state index >= 15 is 0 Å². The summed E-state index contributed by atoms with van der Waals surface area (Å²) < 4.78 is 17.4. The molecule has 3 fully saturated rings. The van der Waals surface area contributed by atoms with Crippen LogP contribution in [0.4, 0.5) is 0 Å². The van der Waals surface area contributed by atoms with Gasteiger partial charge in [-0.15, -0.1) is 0 Å². The van der Waals surface area contributed by atoms with E-state index in [0.717, 1.165) is 93.2 Å². The second-order valence-corrected chi connectivity index (χ2v) is 18.8. The molecule has 0 bridgehead atoms. The van der Waals surface area contributed by atoms with Crippen molar-refractivity contribution in [3.05, 3.63) is 60.3 Å². The molecule has 3 aliphatic carbocycles. The zero-order chi connectivity index (χ0) is 42.1. The third kappa shape index (κ3) is 20.2. The van der Waals surface area contributed by atoms with Crippen LogP contribution in [-0.4, -0.2) is 57.5 Å². The first-order chi connectivity index (χ1) is 28.0. The molecule has 58 heavy (non-hydrogen) atoms. The molecule has 3 saturated carbocycles. The molecule has 0 heterocycles. The van der Waals surface area contributed by atoms with E-state index in [-0.39, 0.29) is 17.9 Å². The van der Waals surface area contributed by atoms with Crippen molar-refractivity contribution in [1.29, 1.82) is 0 Å². The maximum atomic E-state index is 13.2. The van der Waals surface area contributed by atoms with Crippen LogP contribution in [0.25, 0.3) is 0 Å². The van der Waals surface area contributed by atoms with Crippen LogP contribution in [0.3, 0.4) is 0 Å². The number of Topliss-reactive ketones (excluding diaryl/α,β-unsaturated/α-hetero) is 1. The average molecular weight is 805 g/mol. The van der Waals surface area contributed by atoms with Crippen LogP contribution in [0.1, 0.15) is 157 Å². The molecule has 0 aromatic carbocycles. The van der Waals surface area contributed by atoms with Crippen molar-refractivity contribution in [2.75, 3.05) is 26.9 Å². The predicted octanol–water partition coefficient (Wildman–Crippen LogP) is 12.6. The molecule has 0 spiro atoms. The molecule has 0 amide bonds. The summed E-state index contributed by atoms with van der Waals surface area (Å²) in [5, 5.41) is 0. The zero-order valence-corrected chi connectivity index (χ0v) is 37.8. The van der Waals surface area contributed by atoms with Crippen molar-refractivity contribution in [3.63, 3.8) is 0 Å². The van der Waals surface area contributed by atoms with Gasteiger partial charge in [-0.3, -0.25) is 9.59 Å². The summed E-state index contributed by atoms with van der Waals surface area (Å²) in [5.41, 5.74) is 2.11. The van der Waals surface area contributed by atoms with Gasteiger partial charge in [-0.1, -0.05) is 95.2 Å². The van der Waals surface area contributed by atoms with Gasteiger partial charge in [-0.2, -0.15) is 0 Å². The van der Waals surface area contributed by atoms with Gasteiger partial charge in [0.2, 0.25) is 0 Å². The molecule has 0 aromatic heterocycles. The molecule has 10 atom stereocenters. The van der Waals surface area contributed by atoms with Gasteiger partial charge >= 0.3 is 0 Å². The summed E-state index contributed by atoms with van der Waals surface area (Å²) in [6.07, 6.45) is 38.5. The maximum absolute atomic E-state index is 13.2. The lowest BCUT2D eigenvalue weighted by Crippen LogP contribution is -2.22. The van der Waals surface area contributed by atoms with Crippen molar-refractivity contribution < 1.29 is 28.6 Å². The number of aldehydes is 2. The van der Waals surface area contributed by atoms with Crippen molar-refractivity contribution in [3.8, 4) is 0 Å². The van der Waals surface area contributed by atoms with Gasteiger partial charge < -0.3 is 19.0 Å². The lowest BCUT2D eigenvalue weighted by Gasteiger charge is -2.30. The van der Waals surface area contributed by atoms with E-state index in [1.165, 1.54) is 63.4 Å². The normalized spacial score (nSPS) is 26.0. The minimum Gasteiger partial charge on any atom is -0.379 e. The second kappa shape index (κ2) is 28.9. The molecule has 0 aliphatic heterocycles. The summed E-state index contributed by atoms with van der Waals surface area (Å²) in [5.74, 6) is 5.53. The smallest absolute Gasteiger partial charge is 0.145 e. The highest BCUT2D eigenvalue weighted by Gasteiger charge is 2.33. The number of carbonyl (C=O) groups is 3. The quantitative estimate of drug-likeness (QED) is 0.0180. The molecular formula is C52H84O6. The van der Waals surface area contributed by atoms with Gasteiger partial charge in [-0.25, -0.2) is 0 Å². The number of allylic oxidation sites excluding steroid dienone is 8. The number of ketones is 1. The Morgan fingerprint density at radius 3 is 2.34 bits per heavy atom. The Morgan fingerprint density at radius 2 is 1.60 bits per heavy atom. The van der Waals surface area contributed by atoms with Gasteiger partial charge in [-0.05, 0) is 156 Å². The molecule has 0 N–H and O–H groups in total. The molecule has 0 saturated heterocycles. The summed E-state index contributed by atoms with van der Waals surface area (Å²) in [6, 6.07) is 0. The van der Waals surface area contributed by atoms with E-state index in [4.69, 9.17) is 14.2 Å². The van der Waals surface area contributed by atoms with Gasteiger partial charge in [0, 0.05) is 25.9 Å². The summed E-state index contributed by atoms with van der Waals surface area (Å²) in [4.78, 5) is 34.8. The van der Waals surface area contributed by atoms with Crippen LogP contribution in [0.2, 0.25) is 0 Å². The monoisotopic (exact) mass is 805 g/mol. The third-order valence-electron chi connectivity index (χ3n) is 14.0. The first-order valence-corrected chi connectivity index (χ1v) is 23.5. The number of carbonyl (C=O) groups excluding carboxylic acids is 3. The second-order valence-electron chi connectivity index (χ2n) is 18.8. The predicted molar refractivity (Wildman–Crippen MR) is 241 cm³/mol. The Kier molecular flexibility index (Phi) is 24.9. The van der Waals surface area contributed by atoms with Crippen molar-refractivity contribution in [2.24, 2.45) is 53.3 Å². The number of ether oxygens (including phenoxy) is 3. The van der Waals surface area contributed by atoms with Crippen LogP contribution in [0, 0.1) is 53.3 Å². The van der Waals surface area contributed by atoms with E-state index in [2.05, 4.69) is 77.7 Å². The van der Waals surface area contributed by atoms with E-state index in [1.54, 1.807) is 7.11 Å². The molecule has 0 aromatic rings. The van der Waals surface area contributed by atoms with Gasteiger partial charge in [0.05, 0.1) is 32.0 Å². The Morgan fingerprint density at radius 1 is 0.828 bits per heavy atom. The number of rotatable bonds is 30. The van der Waals surface area contributed by atoms with E-state index in [0.29, 0.717) is 62.3 Å². The number of hydrogen-bond acceptors (Lipinski definition) is 6. The van der Waals surface area contributed by atoms with Crippen LogP contribution in [-0.2, 0) is 28.6 Å². The average Bonchev–Trinajstić information content (AvgIpc) is 4.08. The van der Waals surface area contributed by atoms with Crippen LogP contribution < -0.4 is 0 Å². The molecule has 3 aliphatic rings. The van der Waals surface area contributed by atoms with Gasteiger partial charge in [0.1, 0.15) is 18.4 Å². The van der Waals surface area contributed by atoms with Gasteiger partial charge in [0.15, 0.2) is 0 Å². The number of methoxy groups -OCH3 is 1. The standard InChI is InChI=1S/C52H84O6/c1-39(20-22-47(48-25-26-48)24-23-46-27-29-50(28-21-40(46)2)58-33-32-57-31-15-30-53)34-42(4)43(5)35-52(55)41(3)16-12-10-8-9-11-13-19-51(56-7)37-45-17-14-18-49(36-45)44(6)38-54/h8-11,13,19,30,34,38-41,43,45-51H,6,12,14-18,20-29,31-33,35-37H2,1-5,7H3/b10-8+,11-9+,19-13+,42-34+/t39?,40-,41?,43?,45?,46?,47?,49?,50?,51?/m1/s1. The zero-order valence-electron chi connectivity index (χ0n) is 37.8. The largest absolute Gasteiger partial charge is 0.379 e. The highest BCUT2D eigenvalue weighted by Crippen LogP contribution is 2.44. The Labute approximate surface area is 355 Å². The first kappa shape index (κ1) is 49.9. The van der Waals surface area contributed by atoms with Crippen molar-refractivity contribution in [2.45, 2.75) is 169 Å². The summed E-state index contributed by atoms with van der Waals surface area (Å²) in [6.45, 7) is 17.0. The fourth-order valence-electron chi connectivity index (χ4n) is 9.58. The first-order valence-electron chi connectivity index (χ1n) is 23.5. The van der Waals surface area contributed by atoms with Crippen LogP contribution >= 0.6 is 0 Å². The van der Waals surface area contributed by atoms with Crippen molar-refractivity contribution >= 4 is 18.4 Å². The molecule has 3 rings (SSSR count). The lowest BCUT2D eigenvalue weighted by atomic mass is 9.76. The topological polar surface area (TPSA) is 78.9 Å². The molecule has 6 heteroatoms. The Hall–Kier alpha value is -2.41. The SMILES string of the molecule is C=C(C=O)C1CCCC(CC(/C=C/C=C/C=C/CCC(C)C(=O)CC(C)/C(C)=C/C(C)CCC(CCC2CCC(OCCOCCC=O)CC[C@H]2C)C2CC2)OC)C1. The molecule has 328 valence electrons.